The van der Waals surface area contributed by atoms with Gasteiger partial charge in [0.05, 0.1) is 11.9 Å². The molecular weight excluding hydrogens is 209 g/mol. The van der Waals surface area contributed by atoms with Crippen LogP contribution in [0, 0.1) is 12.7 Å². The number of aryl methyl sites for hydroxylation is 1. The smallest absolute Gasteiger partial charge is 0.148 e. The molecule has 0 unspecified atom stereocenters. The molecule has 0 aliphatic rings. The van der Waals surface area contributed by atoms with Crippen molar-refractivity contribution in [3.63, 3.8) is 0 Å². The molecule has 5 heteroatoms. The molecule has 0 aliphatic carbocycles. The Morgan fingerprint density at radius 1 is 1.44 bits per heavy atom. The van der Waals surface area contributed by atoms with E-state index in [0.29, 0.717) is 17.8 Å². The first-order chi connectivity index (χ1) is 7.70. The topological polar surface area (TPSA) is 50.9 Å². The van der Waals surface area contributed by atoms with E-state index in [4.69, 9.17) is 5.11 Å². The maximum atomic E-state index is 13.5. The van der Waals surface area contributed by atoms with Gasteiger partial charge in [0.2, 0.25) is 0 Å². The highest BCUT2D eigenvalue weighted by Gasteiger charge is 2.07. The summed E-state index contributed by atoms with van der Waals surface area (Å²) >= 11 is 0. The van der Waals surface area contributed by atoms with Crippen LogP contribution in [0.1, 0.15) is 11.3 Å². The molecule has 1 heterocycles. The van der Waals surface area contributed by atoms with E-state index >= 15 is 0 Å². The molecule has 0 aliphatic heterocycles. The predicted octanol–water partition coefficient (Wildman–Crippen LogP) is 1.25. The molecular formula is C11H12FN3O. The maximum absolute atomic E-state index is 13.5. The van der Waals surface area contributed by atoms with Crippen LogP contribution in [-0.2, 0) is 6.42 Å². The third-order valence-corrected chi connectivity index (χ3v) is 2.26. The van der Waals surface area contributed by atoms with Gasteiger partial charge in [0.15, 0.2) is 0 Å². The summed E-state index contributed by atoms with van der Waals surface area (Å²) in [5.41, 5.74) is 1.97. The molecule has 2 aromatic rings. The Hall–Kier alpha value is -1.75. The Morgan fingerprint density at radius 3 is 3.00 bits per heavy atom. The molecule has 1 aromatic heterocycles. The molecule has 4 nitrogen and oxygen atoms in total. The number of aliphatic hydroxyl groups is 1. The van der Waals surface area contributed by atoms with Crippen LogP contribution in [0.25, 0.3) is 5.69 Å². The number of hydrogen-bond acceptors (Lipinski definition) is 3. The van der Waals surface area contributed by atoms with E-state index < -0.39 is 0 Å². The van der Waals surface area contributed by atoms with E-state index in [0.717, 1.165) is 5.56 Å². The minimum absolute atomic E-state index is 0.00892. The van der Waals surface area contributed by atoms with Gasteiger partial charge in [0.25, 0.3) is 0 Å². The molecule has 0 fully saturated rings. The summed E-state index contributed by atoms with van der Waals surface area (Å²) < 4.78 is 14.9. The van der Waals surface area contributed by atoms with E-state index in [1.807, 2.05) is 6.92 Å². The molecule has 0 atom stereocenters. The molecule has 84 valence electrons. The van der Waals surface area contributed by atoms with Crippen LogP contribution in [0.5, 0.6) is 0 Å². The standard InChI is InChI=1S/C11H12FN3O/c1-8-2-3-10(12)11(6-8)15-7-9(4-5-16)13-14-15/h2-3,6-7,16H,4-5H2,1H3. The zero-order valence-corrected chi connectivity index (χ0v) is 8.89. The lowest BCUT2D eigenvalue weighted by molar-refractivity contribution is 0.298. The average molecular weight is 221 g/mol. The Morgan fingerprint density at radius 2 is 2.25 bits per heavy atom. The zero-order valence-electron chi connectivity index (χ0n) is 8.89. The van der Waals surface area contributed by atoms with Crippen LogP contribution in [-0.4, -0.2) is 26.7 Å². The highest BCUT2D eigenvalue weighted by molar-refractivity contribution is 5.36. The van der Waals surface area contributed by atoms with Gasteiger partial charge in [-0.3, -0.25) is 0 Å². The van der Waals surface area contributed by atoms with Crippen molar-refractivity contribution in [2.75, 3.05) is 6.61 Å². The lowest BCUT2D eigenvalue weighted by atomic mass is 10.2. The van der Waals surface area contributed by atoms with Crippen LogP contribution >= 0.6 is 0 Å². The number of aromatic nitrogens is 3. The summed E-state index contributed by atoms with van der Waals surface area (Å²) in [6.07, 6.45) is 2.04. The SMILES string of the molecule is Cc1ccc(F)c(-n2cc(CCO)nn2)c1. The highest BCUT2D eigenvalue weighted by Crippen LogP contribution is 2.14. The van der Waals surface area contributed by atoms with E-state index in [1.54, 1.807) is 18.3 Å². The maximum Gasteiger partial charge on any atom is 0.148 e. The van der Waals surface area contributed by atoms with E-state index in [-0.39, 0.29) is 12.4 Å². The van der Waals surface area contributed by atoms with Gasteiger partial charge in [0.1, 0.15) is 11.5 Å². The normalized spacial score (nSPS) is 10.7. The number of rotatable bonds is 3. The van der Waals surface area contributed by atoms with Crippen molar-refractivity contribution >= 4 is 0 Å². The Kier molecular flexibility index (Phi) is 2.96. The summed E-state index contributed by atoms with van der Waals surface area (Å²) in [5, 5.41) is 16.4. The second-order valence-electron chi connectivity index (χ2n) is 3.58. The summed E-state index contributed by atoms with van der Waals surface area (Å²) in [6.45, 7) is 1.89. The second-order valence-corrected chi connectivity index (χ2v) is 3.58. The van der Waals surface area contributed by atoms with E-state index in [9.17, 15) is 4.39 Å². The minimum atomic E-state index is -0.342. The van der Waals surface area contributed by atoms with Crippen molar-refractivity contribution in [3.8, 4) is 5.69 Å². The summed E-state index contributed by atoms with van der Waals surface area (Å²) in [6, 6.07) is 4.80. The van der Waals surface area contributed by atoms with Gasteiger partial charge < -0.3 is 5.11 Å². The van der Waals surface area contributed by atoms with Crippen LogP contribution in [0.4, 0.5) is 4.39 Å². The van der Waals surface area contributed by atoms with Gasteiger partial charge >= 0.3 is 0 Å². The first kappa shape index (κ1) is 10.8. The molecule has 0 bridgehead atoms. The predicted molar refractivity (Wildman–Crippen MR) is 56.8 cm³/mol. The fourth-order valence-corrected chi connectivity index (χ4v) is 1.44. The molecule has 1 aromatic carbocycles. The minimum Gasteiger partial charge on any atom is -0.396 e. The molecule has 0 saturated heterocycles. The Balaban J connectivity index is 2.38. The van der Waals surface area contributed by atoms with Gasteiger partial charge in [-0.15, -0.1) is 5.10 Å². The number of benzene rings is 1. The van der Waals surface area contributed by atoms with Crippen molar-refractivity contribution in [2.45, 2.75) is 13.3 Å². The third kappa shape index (κ3) is 2.09. The highest BCUT2D eigenvalue weighted by atomic mass is 19.1. The molecule has 0 saturated carbocycles. The molecule has 1 N–H and O–H groups in total. The van der Waals surface area contributed by atoms with Crippen molar-refractivity contribution in [3.05, 3.63) is 41.5 Å². The van der Waals surface area contributed by atoms with Crippen molar-refractivity contribution in [1.82, 2.24) is 15.0 Å². The first-order valence-electron chi connectivity index (χ1n) is 4.99. The Bertz CT molecular complexity index is 496. The second kappa shape index (κ2) is 4.40. The summed E-state index contributed by atoms with van der Waals surface area (Å²) in [7, 11) is 0. The van der Waals surface area contributed by atoms with Gasteiger partial charge in [-0.05, 0) is 24.6 Å². The zero-order chi connectivity index (χ0) is 11.5. The fraction of sp³-hybridized carbons (Fsp3) is 0.273. The number of aliphatic hydroxyl groups excluding tert-OH is 1. The van der Waals surface area contributed by atoms with E-state index in [2.05, 4.69) is 10.3 Å². The lowest BCUT2D eigenvalue weighted by Gasteiger charge is -2.02. The quantitative estimate of drug-likeness (QED) is 0.848. The van der Waals surface area contributed by atoms with Gasteiger partial charge in [0, 0.05) is 13.0 Å². The average Bonchev–Trinajstić information content (AvgIpc) is 2.71. The lowest BCUT2D eigenvalue weighted by Crippen LogP contribution is -1.99. The van der Waals surface area contributed by atoms with Crippen molar-refractivity contribution in [2.24, 2.45) is 0 Å². The summed E-state index contributed by atoms with van der Waals surface area (Å²) in [5.74, 6) is -0.342. The molecule has 0 radical (unpaired) electrons. The van der Waals surface area contributed by atoms with Gasteiger partial charge in [-0.2, -0.15) is 0 Å². The van der Waals surface area contributed by atoms with Gasteiger partial charge in [-0.1, -0.05) is 11.3 Å². The molecule has 0 spiro atoms. The first-order valence-corrected chi connectivity index (χ1v) is 4.99. The molecule has 2 rings (SSSR count). The largest absolute Gasteiger partial charge is 0.396 e. The monoisotopic (exact) mass is 221 g/mol. The van der Waals surface area contributed by atoms with Crippen molar-refractivity contribution < 1.29 is 9.50 Å². The molecule has 0 amide bonds. The fourth-order valence-electron chi connectivity index (χ4n) is 1.44. The van der Waals surface area contributed by atoms with Crippen molar-refractivity contribution in [1.29, 1.82) is 0 Å². The Labute approximate surface area is 92.3 Å². The van der Waals surface area contributed by atoms with E-state index in [1.165, 1.54) is 10.7 Å². The van der Waals surface area contributed by atoms with Gasteiger partial charge in [-0.25, -0.2) is 9.07 Å². The van der Waals surface area contributed by atoms with Crippen LogP contribution in [0.2, 0.25) is 0 Å². The number of halogens is 1. The number of nitrogens with zero attached hydrogens (tertiary/aromatic N) is 3. The number of hydrogen-bond donors (Lipinski definition) is 1. The van der Waals surface area contributed by atoms with Crippen LogP contribution < -0.4 is 0 Å². The molecule has 16 heavy (non-hydrogen) atoms. The van der Waals surface area contributed by atoms with Crippen LogP contribution in [0.3, 0.4) is 0 Å². The van der Waals surface area contributed by atoms with Crippen LogP contribution in [0.15, 0.2) is 24.4 Å². The summed E-state index contributed by atoms with van der Waals surface area (Å²) in [4.78, 5) is 0. The third-order valence-electron chi connectivity index (χ3n) is 2.26.